The van der Waals surface area contributed by atoms with Gasteiger partial charge in [-0.25, -0.2) is 5.43 Å². The molecule has 3 aromatic carbocycles. The minimum absolute atomic E-state index is 0.246. The quantitative estimate of drug-likeness (QED) is 0.414. The Morgan fingerprint density at radius 1 is 1.00 bits per heavy atom. The second kappa shape index (κ2) is 10.7. The van der Waals surface area contributed by atoms with E-state index in [2.05, 4.69) is 15.8 Å². The molecule has 0 bridgehead atoms. The number of hydrogen-bond donors (Lipinski definition) is 2. The number of carbonyl (C=O) groups is 1. The van der Waals surface area contributed by atoms with Crippen LogP contribution in [0.15, 0.2) is 84.0 Å². The van der Waals surface area contributed by atoms with E-state index >= 15 is 0 Å². The van der Waals surface area contributed by atoms with E-state index in [1.165, 1.54) is 0 Å². The summed E-state index contributed by atoms with van der Waals surface area (Å²) in [5, 5.41) is 7.21. The average molecular weight is 403 g/mol. The summed E-state index contributed by atoms with van der Waals surface area (Å²) in [7, 11) is 1.61. The molecular weight excluding hydrogens is 378 g/mol. The summed E-state index contributed by atoms with van der Waals surface area (Å²) in [4.78, 5) is 12.3. The Labute approximate surface area is 176 Å². The third kappa shape index (κ3) is 6.10. The summed E-state index contributed by atoms with van der Waals surface area (Å²) in [6, 6.07) is 24.4. The Morgan fingerprint density at radius 3 is 2.43 bits per heavy atom. The van der Waals surface area contributed by atoms with Gasteiger partial charge >= 0.3 is 0 Å². The largest absolute Gasteiger partial charge is 0.497 e. The number of benzene rings is 3. The Balaban J connectivity index is 1.54. The number of ether oxygens (including phenoxy) is 2. The molecule has 3 rings (SSSR count). The van der Waals surface area contributed by atoms with E-state index in [-0.39, 0.29) is 5.91 Å². The Hall–Kier alpha value is -3.80. The minimum Gasteiger partial charge on any atom is -0.497 e. The lowest BCUT2D eigenvalue weighted by Crippen LogP contribution is -2.34. The van der Waals surface area contributed by atoms with Crippen LogP contribution in [0, 0.1) is 0 Å². The van der Waals surface area contributed by atoms with E-state index in [0.717, 1.165) is 22.6 Å². The van der Waals surface area contributed by atoms with Gasteiger partial charge in [-0.1, -0.05) is 42.5 Å². The fourth-order valence-electron chi connectivity index (χ4n) is 2.72. The van der Waals surface area contributed by atoms with Crippen molar-refractivity contribution < 1.29 is 14.3 Å². The van der Waals surface area contributed by atoms with Crippen LogP contribution in [0.1, 0.15) is 18.1 Å². The molecule has 0 aliphatic heterocycles. The molecule has 0 aliphatic carbocycles. The maximum absolute atomic E-state index is 12.3. The smallest absolute Gasteiger partial charge is 0.262 e. The molecule has 154 valence electrons. The maximum Gasteiger partial charge on any atom is 0.262 e. The summed E-state index contributed by atoms with van der Waals surface area (Å²) in [6.45, 7) is 2.23. The number of nitrogens with one attached hydrogen (secondary N) is 2. The highest BCUT2D eigenvalue weighted by atomic mass is 16.5. The van der Waals surface area contributed by atoms with Crippen molar-refractivity contribution in [2.75, 3.05) is 12.4 Å². The van der Waals surface area contributed by atoms with Crippen LogP contribution >= 0.6 is 0 Å². The lowest BCUT2D eigenvalue weighted by atomic mass is 10.2. The molecule has 6 heteroatoms. The van der Waals surface area contributed by atoms with Crippen molar-refractivity contribution in [2.45, 2.75) is 19.6 Å². The number of rotatable bonds is 9. The van der Waals surface area contributed by atoms with Gasteiger partial charge in [-0.2, -0.15) is 5.10 Å². The highest BCUT2D eigenvalue weighted by molar-refractivity contribution is 5.87. The molecule has 30 heavy (non-hydrogen) atoms. The zero-order chi connectivity index (χ0) is 21.2. The minimum atomic E-state index is -0.458. The van der Waals surface area contributed by atoms with Crippen molar-refractivity contribution in [1.82, 2.24) is 5.43 Å². The first-order valence-electron chi connectivity index (χ1n) is 9.65. The fourth-order valence-corrected chi connectivity index (χ4v) is 2.72. The maximum atomic E-state index is 12.3. The van der Waals surface area contributed by atoms with E-state index in [9.17, 15) is 4.79 Å². The lowest BCUT2D eigenvalue weighted by Gasteiger charge is -2.14. The number of amides is 1. The van der Waals surface area contributed by atoms with E-state index in [1.54, 1.807) is 20.2 Å². The van der Waals surface area contributed by atoms with Crippen LogP contribution in [-0.4, -0.2) is 25.3 Å². The normalized spacial score (nSPS) is 11.7. The number of hydrazone groups is 1. The van der Waals surface area contributed by atoms with E-state index in [1.807, 2.05) is 78.9 Å². The summed E-state index contributed by atoms with van der Waals surface area (Å²) in [5.74, 6) is 1.21. The predicted octanol–water partition coefficient (Wildman–Crippen LogP) is 4.22. The van der Waals surface area contributed by atoms with Crippen LogP contribution in [-0.2, 0) is 11.4 Å². The molecule has 0 fully saturated rings. The second-order valence-electron chi connectivity index (χ2n) is 6.64. The Morgan fingerprint density at radius 2 is 1.70 bits per heavy atom. The first-order chi connectivity index (χ1) is 14.7. The summed E-state index contributed by atoms with van der Waals surface area (Å²) < 4.78 is 11.0. The van der Waals surface area contributed by atoms with E-state index < -0.39 is 6.04 Å². The van der Waals surface area contributed by atoms with Crippen LogP contribution in [0.2, 0.25) is 0 Å². The van der Waals surface area contributed by atoms with Gasteiger partial charge in [0, 0.05) is 11.3 Å². The topological polar surface area (TPSA) is 72.0 Å². The van der Waals surface area contributed by atoms with Gasteiger partial charge in [0.2, 0.25) is 0 Å². The zero-order valence-electron chi connectivity index (χ0n) is 17.0. The summed E-state index contributed by atoms with van der Waals surface area (Å²) >= 11 is 0. The third-order valence-corrected chi connectivity index (χ3v) is 4.40. The molecule has 0 aliphatic rings. The van der Waals surface area contributed by atoms with Crippen molar-refractivity contribution >= 4 is 17.8 Å². The van der Waals surface area contributed by atoms with E-state index in [0.29, 0.717) is 12.4 Å². The number of hydrogen-bond acceptors (Lipinski definition) is 5. The highest BCUT2D eigenvalue weighted by Crippen LogP contribution is 2.18. The molecule has 3 aromatic rings. The van der Waals surface area contributed by atoms with Gasteiger partial charge in [-0.15, -0.1) is 0 Å². The molecule has 0 aromatic heterocycles. The average Bonchev–Trinajstić information content (AvgIpc) is 2.79. The van der Waals surface area contributed by atoms with Gasteiger partial charge in [-0.3, -0.25) is 4.79 Å². The molecule has 0 saturated carbocycles. The first kappa shape index (κ1) is 20.9. The van der Waals surface area contributed by atoms with Gasteiger partial charge < -0.3 is 14.8 Å². The summed E-state index contributed by atoms with van der Waals surface area (Å²) in [6.07, 6.45) is 1.58. The number of methoxy groups -OCH3 is 1. The molecule has 6 nitrogen and oxygen atoms in total. The van der Waals surface area contributed by atoms with Crippen molar-refractivity contribution in [1.29, 1.82) is 0 Å². The van der Waals surface area contributed by atoms with Crippen LogP contribution in [0.3, 0.4) is 0 Å². The van der Waals surface area contributed by atoms with Crippen molar-refractivity contribution in [3.63, 3.8) is 0 Å². The lowest BCUT2D eigenvalue weighted by molar-refractivity contribution is -0.121. The number of nitrogens with zero attached hydrogens (tertiary/aromatic N) is 1. The van der Waals surface area contributed by atoms with Crippen molar-refractivity contribution in [3.8, 4) is 11.5 Å². The van der Waals surface area contributed by atoms with Gasteiger partial charge in [0.15, 0.2) is 0 Å². The Kier molecular flexibility index (Phi) is 7.44. The van der Waals surface area contributed by atoms with Crippen molar-refractivity contribution in [3.05, 3.63) is 90.0 Å². The molecule has 1 amide bonds. The predicted molar refractivity (Wildman–Crippen MR) is 119 cm³/mol. The highest BCUT2D eigenvalue weighted by Gasteiger charge is 2.11. The monoisotopic (exact) mass is 403 g/mol. The third-order valence-electron chi connectivity index (χ3n) is 4.40. The molecule has 1 atom stereocenters. The fraction of sp³-hybridized carbons (Fsp3) is 0.167. The van der Waals surface area contributed by atoms with Gasteiger partial charge in [0.05, 0.1) is 13.3 Å². The number of carbonyl (C=O) groups excluding carboxylic acids is 1. The molecule has 2 N–H and O–H groups in total. The molecule has 0 unspecified atom stereocenters. The molecule has 0 heterocycles. The van der Waals surface area contributed by atoms with E-state index in [4.69, 9.17) is 9.47 Å². The second-order valence-corrected chi connectivity index (χ2v) is 6.64. The SMILES string of the molecule is COc1ccc(N[C@H](C)C(=O)N/N=C/c2ccccc2OCc2ccccc2)cc1. The van der Waals surface area contributed by atoms with Crippen LogP contribution in [0.5, 0.6) is 11.5 Å². The van der Waals surface area contributed by atoms with Gasteiger partial charge in [0.25, 0.3) is 5.91 Å². The van der Waals surface area contributed by atoms with Gasteiger partial charge in [-0.05, 0) is 48.9 Å². The zero-order valence-corrected chi connectivity index (χ0v) is 17.0. The van der Waals surface area contributed by atoms with Crippen LogP contribution < -0.4 is 20.2 Å². The molecule has 0 radical (unpaired) electrons. The number of para-hydroxylation sites is 1. The Bertz CT molecular complexity index is 973. The first-order valence-corrected chi connectivity index (χ1v) is 9.65. The van der Waals surface area contributed by atoms with Crippen LogP contribution in [0.25, 0.3) is 0 Å². The van der Waals surface area contributed by atoms with Gasteiger partial charge in [0.1, 0.15) is 24.1 Å². The molecule has 0 spiro atoms. The molecular formula is C24H25N3O3. The number of anilines is 1. The van der Waals surface area contributed by atoms with Crippen LogP contribution in [0.4, 0.5) is 5.69 Å². The summed E-state index contributed by atoms with van der Waals surface area (Å²) in [5.41, 5.74) is 5.25. The standard InChI is InChI=1S/C24H25N3O3/c1-18(26-21-12-14-22(29-2)15-13-21)24(28)27-25-16-20-10-6-7-11-23(20)30-17-19-8-4-3-5-9-19/h3-16,18,26H,17H2,1-2H3,(H,27,28)/b25-16+/t18-/m1/s1. The molecule has 0 saturated heterocycles. The van der Waals surface area contributed by atoms with Crippen molar-refractivity contribution in [2.24, 2.45) is 5.10 Å².